The Labute approximate surface area is 228 Å². The highest BCUT2D eigenvalue weighted by atomic mass is 35.5. The van der Waals surface area contributed by atoms with Gasteiger partial charge in [-0.1, -0.05) is 55.8 Å². The Hall–Kier alpha value is -3.64. The van der Waals surface area contributed by atoms with Crippen molar-refractivity contribution in [3.8, 4) is 5.75 Å². The van der Waals surface area contributed by atoms with Gasteiger partial charge in [-0.15, -0.1) is 0 Å². The number of methoxy groups -OCH3 is 1. The van der Waals surface area contributed by atoms with Crippen molar-refractivity contribution in [2.75, 3.05) is 13.7 Å². The Balaban J connectivity index is 1.70. The Kier molecular flexibility index (Phi) is 7.01. The zero-order chi connectivity index (χ0) is 27.0. The topological polar surface area (TPSA) is 59.7 Å². The van der Waals surface area contributed by atoms with E-state index in [1.54, 1.807) is 25.3 Å². The lowest BCUT2D eigenvalue weighted by Gasteiger charge is -2.35. The molecule has 3 aromatic carbocycles. The predicted octanol–water partition coefficient (Wildman–Crippen LogP) is 6.34. The van der Waals surface area contributed by atoms with Crippen LogP contribution in [-0.2, 0) is 6.54 Å². The van der Waals surface area contributed by atoms with Gasteiger partial charge in [-0.3, -0.25) is 14.4 Å². The minimum Gasteiger partial charge on any atom is -0.497 e. The van der Waals surface area contributed by atoms with E-state index in [1.807, 2.05) is 59.2 Å². The van der Waals surface area contributed by atoms with Crippen LogP contribution in [0.5, 0.6) is 5.75 Å². The second-order valence-corrected chi connectivity index (χ2v) is 11.2. The van der Waals surface area contributed by atoms with E-state index in [-0.39, 0.29) is 23.1 Å². The van der Waals surface area contributed by atoms with E-state index in [4.69, 9.17) is 26.3 Å². The maximum Gasteiger partial charge on any atom is 0.261 e. The van der Waals surface area contributed by atoms with Gasteiger partial charge in [0.2, 0.25) is 0 Å². The minimum absolute atomic E-state index is 0.0717. The van der Waals surface area contributed by atoms with E-state index in [9.17, 15) is 4.79 Å². The third-order valence-corrected chi connectivity index (χ3v) is 7.18. The number of ether oxygens (including phenoxy) is 1. The number of fused-ring (bicyclic) bond motifs is 1. The molecular weight excluding hydrogens is 496 g/mol. The smallest absolute Gasteiger partial charge is 0.261 e. The lowest BCUT2D eigenvalue weighted by atomic mass is 9.98. The molecule has 4 aromatic rings. The van der Waals surface area contributed by atoms with Crippen LogP contribution in [0.3, 0.4) is 0 Å². The van der Waals surface area contributed by atoms with Gasteiger partial charge in [-0.05, 0) is 67.8 Å². The summed E-state index contributed by atoms with van der Waals surface area (Å²) >= 11 is 6.34. The Morgan fingerprint density at radius 1 is 1.03 bits per heavy atom. The first-order valence-electron chi connectivity index (χ1n) is 12.9. The van der Waals surface area contributed by atoms with Crippen molar-refractivity contribution < 1.29 is 4.74 Å². The minimum atomic E-state index is -0.298. The molecule has 0 spiro atoms. The van der Waals surface area contributed by atoms with Gasteiger partial charge in [-0.25, -0.2) is 4.98 Å². The van der Waals surface area contributed by atoms with Crippen molar-refractivity contribution in [1.82, 2.24) is 14.5 Å². The average Bonchev–Trinajstić information content (AvgIpc) is 3.21. The fourth-order valence-corrected chi connectivity index (χ4v) is 5.40. The van der Waals surface area contributed by atoms with Crippen LogP contribution in [0.4, 0.5) is 0 Å². The molecule has 1 unspecified atom stereocenters. The van der Waals surface area contributed by atoms with E-state index < -0.39 is 0 Å². The third kappa shape index (κ3) is 5.05. The van der Waals surface area contributed by atoms with Crippen LogP contribution >= 0.6 is 11.6 Å². The molecule has 196 valence electrons. The number of hydrogen-bond acceptors (Lipinski definition) is 5. The molecule has 0 saturated heterocycles. The molecule has 0 saturated carbocycles. The summed E-state index contributed by atoms with van der Waals surface area (Å²) in [6.45, 7) is 9.74. The Morgan fingerprint density at radius 2 is 1.74 bits per heavy atom. The number of benzene rings is 3. The van der Waals surface area contributed by atoms with Crippen LogP contribution < -0.4 is 10.3 Å². The van der Waals surface area contributed by atoms with Gasteiger partial charge in [0.25, 0.3) is 5.56 Å². The highest BCUT2D eigenvalue weighted by molar-refractivity contribution is 6.31. The SMILES string of the molecule is COc1ccc(C2=NC(C)(C)CN2C(c2nc3cc(Cl)ccc3c(=O)n2Cc2ccccc2)C(C)C)cc1. The molecule has 1 aromatic heterocycles. The van der Waals surface area contributed by atoms with Crippen LogP contribution in [0.1, 0.15) is 50.7 Å². The summed E-state index contributed by atoms with van der Waals surface area (Å²) in [5.74, 6) is 2.53. The molecule has 5 rings (SSSR count). The summed E-state index contributed by atoms with van der Waals surface area (Å²) in [4.78, 5) is 26.5. The van der Waals surface area contributed by atoms with Crippen molar-refractivity contribution in [1.29, 1.82) is 0 Å². The third-order valence-electron chi connectivity index (χ3n) is 6.95. The molecule has 0 aliphatic carbocycles. The van der Waals surface area contributed by atoms with E-state index in [0.29, 0.717) is 34.8 Å². The van der Waals surface area contributed by atoms with Crippen LogP contribution in [0.15, 0.2) is 82.6 Å². The maximum absolute atomic E-state index is 14.0. The molecule has 6 nitrogen and oxygen atoms in total. The summed E-state index contributed by atoms with van der Waals surface area (Å²) < 4.78 is 7.20. The van der Waals surface area contributed by atoms with Crippen molar-refractivity contribution in [2.45, 2.75) is 45.8 Å². The van der Waals surface area contributed by atoms with Crippen LogP contribution in [-0.4, -0.2) is 39.5 Å². The second-order valence-electron chi connectivity index (χ2n) is 10.8. The standard InChI is InChI=1S/C31H33ClN4O2/c1-20(2)27(36-19-31(3,4)34-28(36)22-11-14-24(38-5)15-12-22)29-33-26-17-23(32)13-16-25(26)30(37)35(29)18-21-9-7-6-8-10-21/h6-17,20,27H,18-19H2,1-5H3. The number of halogens is 1. The van der Waals surface area contributed by atoms with Crippen LogP contribution in [0, 0.1) is 5.92 Å². The molecular formula is C31H33ClN4O2. The molecule has 0 amide bonds. The molecule has 0 N–H and O–H groups in total. The highest BCUT2D eigenvalue weighted by Crippen LogP contribution is 2.36. The Bertz CT molecular complexity index is 1540. The summed E-state index contributed by atoms with van der Waals surface area (Å²) in [5, 5.41) is 1.11. The number of hydrogen-bond donors (Lipinski definition) is 0. The molecule has 1 aliphatic heterocycles. The number of amidine groups is 1. The first-order chi connectivity index (χ1) is 18.2. The molecule has 38 heavy (non-hydrogen) atoms. The van der Waals surface area contributed by atoms with Gasteiger partial charge in [0.1, 0.15) is 17.4 Å². The summed E-state index contributed by atoms with van der Waals surface area (Å²) in [6.07, 6.45) is 0. The van der Waals surface area contributed by atoms with Crippen LogP contribution in [0.25, 0.3) is 10.9 Å². The van der Waals surface area contributed by atoms with E-state index in [0.717, 1.165) is 22.7 Å². The van der Waals surface area contributed by atoms with Gasteiger partial charge in [0.05, 0.1) is 36.1 Å². The molecule has 7 heteroatoms. The molecule has 1 atom stereocenters. The van der Waals surface area contributed by atoms with Gasteiger partial charge in [0.15, 0.2) is 0 Å². The van der Waals surface area contributed by atoms with Gasteiger partial charge >= 0.3 is 0 Å². The molecule has 0 radical (unpaired) electrons. The zero-order valence-electron chi connectivity index (χ0n) is 22.5. The van der Waals surface area contributed by atoms with Crippen molar-refractivity contribution in [2.24, 2.45) is 10.9 Å². The zero-order valence-corrected chi connectivity index (χ0v) is 23.2. The molecule has 1 aliphatic rings. The first kappa shape index (κ1) is 26.0. The van der Waals surface area contributed by atoms with Crippen molar-refractivity contribution >= 4 is 28.3 Å². The molecule has 0 bridgehead atoms. The average molecular weight is 529 g/mol. The number of rotatable bonds is 7. The van der Waals surface area contributed by atoms with E-state index >= 15 is 0 Å². The number of aliphatic imine (C=N–C) groups is 1. The Morgan fingerprint density at radius 3 is 2.39 bits per heavy atom. The first-order valence-corrected chi connectivity index (χ1v) is 13.3. The van der Waals surface area contributed by atoms with Crippen molar-refractivity contribution in [3.63, 3.8) is 0 Å². The summed E-state index contributed by atoms with van der Waals surface area (Å²) in [6, 6.07) is 23.1. The molecule has 2 heterocycles. The number of nitrogens with zero attached hydrogens (tertiary/aromatic N) is 4. The lowest BCUT2D eigenvalue weighted by Crippen LogP contribution is -2.42. The largest absolute Gasteiger partial charge is 0.497 e. The second kappa shape index (κ2) is 10.3. The fraction of sp³-hybridized carbons (Fsp3) is 0.323. The molecule has 0 fully saturated rings. The normalized spacial score (nSPS) is 15.7. The predicted molar refractivity (Wildman–Crippen MR) is 154 cm³/mol. The van der Waals surface area contributed by atoms with Gasteiger partial charge in [0, 0.05) is 17.1 Å². The monoisotopic (exact) mass is 528 g/mol. The quantitative estimate of drug-likeness (QED) is 0.280. The maximum atomic E-state index is 14.0. The summed E-state index contributed by atoms with van der Waals surface area (Å²) in [5.41, 5.74) is 2.28. The highest BCUT2D eigenvalue weighted by Gasteiger charge is 2.39. The number of aromatic nitrogens is 2. The van der Waals surface area contributed by atoms with Crippen molar-refractivity contribution in [3.05, 3.63) is 105 Å². The van der Waals surface area contributed by atoms with Gasteiger partial charge in [-0.2, -0.15) is 0 Å². The fourth-order valence-electron chi connectivity index (χ4n) is 5.23. The van der Waals surface area contributed by atoms with Gasteiger partial charge < -0.3 is 9.64 Å². The van der Waals surface area contributed by atoms with E-state index in [2.05, 4.69) is 32.6 Å². The van der Waals surface area contributed by atoms with E-state index in [1.165, 1.54) is 0 Å². The summed E-state index contributed by atoms with van der Waals surface area (Å²) in [7, 11) is 1.66. The lowest BCUT2D eigenvalue weighted by molar-refractivity contribution is 0.225. The van der Waals surface area contributed by atoms with Crippen LogP contribution in [0.2, 0.25) is 5.02 Å².